The van der Waals surface area contributed by atoms with Crippen LogP contribution in [0.25, 0.3) is 0 Å². The van der Waals surface area contributed by atoms with Gasteiger partial charge >= 0.3 is 5.97 Å². The number of piperidine rings is 1. The van der Waals surface area contributed by atoms with E-state index in [0.717, 1.165) is 0 Å². The predicted molar refractivity (Wildman–Crippen MR) is 89.1 cm³/mol. The first-order valence-electron chi connectivity index (χ1n) is 8.04. The van der Waals surface area contributed by atoms with Crippen molar-refractivity contribution in [3.63, 3.8) is 0 Å². The van der Waals surface area contributed by atoms with Gasteiger partial charge in [0.25, 0.3) is 0 Å². The van der Waals surface area contributed by atoms with Crippen LogP contribution in [0, 0.1) is 5.82 Å². The van der Waals surface area contributed by atoms with E-state index in [1.807, 2.05) is 0 Å². The normalized spacial score (nSPS) is 16.7. The van der Waals surface area contributed by atoms with E-state index in [4.69, 9.17) is 9.47 Å². The summed E-state index contributed by atoms with van der Waals surface area (Å²) in [5.41, 5.74) is 0.690. The minimum atomic E-state index is -0.749. The molecular weight excluding hydrogens is 341 g/mol. The quantitative estimate of drug-likeness (QED) is 0.505. The first kappa shape index (κ1) is 17.6. The van der Waals surface area contributed by atoms with Crippen molar-refractivity contribution in [2.75, 3.05) is 6.61 Å². The Kier molecular flexibility index (Phi) is 5.26. The number of ether oxygens (including phenoxy) is 2. The van der Waals surface area contributed by atoms with Gasteiger partial charge in [0.05, 0.1) is 5.92 Å². The average molecular weight is 357 g/mol. The second-order valence-corrected chi connectivity index (χ2v) is 5.77. The number of para-hydroxylation sites is 1. The van der Waals surface area contributed by atoms with Crippen LogP contribution in [0.15, 0.2) is 48.5 Å². The molecule has 1 saturated heterocycles. The van der Waals surface area contributed by atoms with Gasteiger partial charge in [0, 0.05) is 6.42 Å². The van der Waals surface area contributed by atoms with Crippen LogP contribution in [-0.4, -0.2) is 24.4 Å². The number of esters is 1. The third-order valence-electron chi connectivity index (χ3n) is 3.92. The van der Waals surface area contributed by atoms with Gasteiger partial charge in [0.15, 0.2) is 18.2 Å². The smallest absolute Gasteiger partial charge is 0.349 e. The number of halogens is 1. The second kappa shape index (κ2) is 7.77. The van der Waals surface area contributed by atoms with Crippen LogP contribution in [0.5, 0.6) is 11.5 Å². The van der Waals surface area contributed by atoms with Crippen LogP contribution in [0.1, 0.15) is 24.3 Å². The molecule has 1 aliphatic rings. The lowest BCUT2D eigenvalue weighted by molar-refractivity contribution is -0.137. The van der Waals surface area contributed by atoms with Crippen molar-refractivity contribution in [3.05, 3.63) is 59.9 Å². The van der Waals surface area contributed by atoms with Crippen molar-refractivity contribution in [1.29, 1.82) is 0 Å². The van der Waals surface area contributed by atoms with Gasteiger partial charge in [-0.3, -0.25) is 14.9 Å². The van der Waals surface area contributed by atoms with E-state index in [-0.39, 0.29) is 24.0 Å². The first-order valence-corrected chi connectivity index (χ1v) is 8.04. The summed E-state index contributed by atoms with van der Waals surface area (Å²) in [4.78, 5) is 35.0. The predicted octanol–water partition coefficient (Wildman–Crippen LogP) is 2.33. The van der Waals surface area contributed by atoms with Gasteiger partial charge in [-0.15, -0.1) is 0 Å². The van der Waals surface area contributed by atoms with E-state index in [1.54, 1.807) is 30.3 Å². The monoisotopic (exact) mass is 357 g/mol. The molecule has 7 heteroatoms. The zero-order valence-corrected chi connectivity index (χ0v) is 13.7. The summed E-state index contributed by atoms with van der Waals surface area (Å²) in [5.74, 6) is -2.26. The lowest BCUT2D eigenvalue weighted by atomic mass is 9.90. The van der Waals surface area contributed by atoms with Crippen LogP contribution in [0.4, 0.5) is 4.39 Å². The van der Waals surface area contributed by atoms with E-state index >= 15 is 0 Å². The van der Waals surface area contributed by atoms with Gasteiger partial charge in [0.1, 0.15) is 5.75 Å². The molecule has 2 aromatic rings. The number of nitrogens with one attached hydrogen (secondary N) is 1. The fourth-order valence-electron chi connectivity index (χ4n) is 2.65. The van der Waals surface area contributed by atoms with Crippen molar-refractivity contribution in [1.82, 2.24) is 5.32 Å². The fraction of sp³-hybridized carbons (Fsp3) is 0.211. The molecule has 1 heterocycles. The van der Waals surface area contributed by atoms with Crippen LogP contribution in [0.3, 0.4) is 0 Å². The topological polar surface area (TPSA) is 81.7 Å². The molecule has 26 heavy (non-hydrogen) atoms. The molecular formula is C19H16FNO5. The largest absolute Gasteiger partial charge is 0.482 e. The van der Waals surface area contributed by atoms with Crippen LogP contribution < -0.4 is 14.8 Å². The summed E-state index contributed by atoms with van der Waals surface area (Å²) in [6, 6.07) is 12.3. The van der Waals surface area contributed by atoms with Crippen LogP contribution in [0.2, 0.25) is 0 Å². The molecule has 3 rings (SSSR count). The summed E-state index contributed by atoms with van der Waals surface area (Å²) < 4.78 is 23.7. The van der Waals surface area contributed by atoms with Gasteiger partial charge in [-0.2, -0.15) is 0 Å². The average Bonchev–Trinajstić information content (AvgIpc) is 2.62. The van der Waals surface area contributed by atoms with Crippen LogP contribution >= 0.6 is 0 Å². The molecule has 1 unspecified atom stereocenters. The van der Waals surface area contributed by atoms with Crippen molar-refractivity contribution < 1.29 is 28.2 Å². The summed E-state index contributed by atoms with van der Waals surface area (Å²) in [6.07, 6.45) is 0.694. The zero-order valence-electron chi connectivity index (χ0n) is 13.7. The Balaban J connectivity index is 1.60. The number of carbonyl (C=O) groups is 3. The highest BCUT2D eigenvalue weighted by atomic mass is 19.1. The van der Waals surface area contributed by atoms with Crippen molar-refractivity contribution in [2.45, 2.75) is 18.8 Å². The Morgan fingerprint density at radius 1 is 1.15 bits per heavy atom. The van der Waals surface area contributed by atoms with Gasteiger partial charge < -0.3 is 9.47 Å². The first-order chi connectivity index (χ1) is 12.5. The van der Waals surface area contributed by atoms with Crippen molar-refractivity contribution in [3.8, 4) is 11.5 Å². The number of benzene rings is 2. The van der Waals surface area contributed by atoms with E-state index in [0.29, 0.717) is 17.7 Å². The zero-order chi connectivity index (χ0) is 18.5. The third kappa shape index (κ3) is 4.24. The Morgan fingerprint density at radius 3 is 2.73 bits per heavy atom. The third-order valence-corrected chi connectivity index (χ3v) is 3.92. The molecule has 0 saturated carbocycles. The molecule has 0 aromatic heterocycles. The lowest BCUT2D eigenvalue weighted by Crippen LogP contribution is -2.39. The molecule has 1 atom stereocenters. The van der Waals surface area contributed by atoms with Crippen molar-refractivity contribution >= 4 is 17.8 Å². The number of amides is 2. The molecule has 1 N–H and O–H groups in total. The molecule has 0 spiro atoms. The number of rotatable bonds is 5. The second-order valence-electron chi connectivity index (χ2n) is 5.77. The Bertz CT molecular complexity index is 851. The van der Waals surface area contributed by atoms with Gasteiger partial charge in [-0.05, 0) is 36.2 Å². The maximum absolute atomic E-state index is 13.5. The summed E-state index contributed by atoms with van der Waals surface area (Å²) in [7, 11) is 0. The molecule has 134 valence electrons. The summed E-state index contributed by atoms with van der Waals surface area (Å²) in [5, 5.41) is 2.30. The Hall–Kier alpha value is -3.22. The number of hydrogen-bond acceptors (Lipinski definition) is 5. The van der Waals surface area contributed by atoms with Gasteiger partial charge in [-0.1, -0.05) is 24.3 Å². The van der Waals surface area contributed by atoms with E-state index < -0.39 is 24.3 Å². The summed E-state index contributed by atoms with van der Waals surface area (Å²) in [6.45, 7) is -0.410. The van der Waals surface area contributed by atoms with Gasteiger partial charge in [-0.25, -0.2) is 9.18 Å². The molecule has 6 nitrogen and oxygen atoms in total. The highest BCUT2D eigenvalue weighted by molar-refractivity contribution is 6.00. The molecule has 1 aliphatic heterocycles. The Morgan fingerprint density at radius 2 is 1.96 bits per heavy atom. The highest BCUT2D eigenvalue weighted by Gasteiger charge is 2.28. The SMILES string of the molecule is O=C1CCC(c2cccc(OCC(=O)Oc3ccccc3F)c2)C(=O)N1. The fourth-order valence-corrected chi connectivity index (χ4v) is 2.65. The summed E-state index contributed by atoms with van der Waals surface area (Å²) >= 11 is 0. The number of hydrogen-bond donors (Lipinski definition) is 1. The maximum Gasteiger partial charge on any atom is 0.349 e. The van der Waals surface area contributed by atoms with Crippen molar-refractivity contribution in [2.24, 2.45) is 0 Å². The number of carbonyl (C=O) groups excluding carboxylic acids is 3. The minimum absolute atomic E-state index is 0.168. The van der Waals surface area contributed by atoms with Gasteiger partial charge in [0.2, 0.25) is 11.8 Å². The molecule has 0 aliphatic carbocycles. The van der Waals surface area contributed by atoms with Crippen LogP contribution in [-0.2, 0) is 14.4 Å². The lowest BCUT2D eigenvalue weighted by Gasteiger charge is -2.21. The highest BCUT2D eigenvalue weighted by Crippen LogP contribution is 2.27. The molecule has 1 fully saturated rings. The Labute approximate surface area is 148 Å². The van der Waals surface area contributed by atoms with E-state index in [9.17, 15) is 18.8 Å². The molecule has 0 radical (unpaired) electrons. The molecule has 0 bridgehead atoms. The van der Waals surface area contributed by atoms with E-state index in [2.05, 4.69) is 5.32 Å². The number of imide groups is 1. The minimum Gasteiger partial charge on any atom is -0.482 e. The molecule has 2 amide bonds. The standard InChI is InChI=1S/C19H16FNO5/c20-15-6-1-2-7-16(15)26-18(23)11-25-13-5-3-4-12(10-13)14-8-9-17(22)21-19(14)24/h1-7,10,14H,8-9,11H2,(H,21,22,24). The maximum atomic E-state index is 13.5. The van der Waals surface area contributed by atoms with E-state index in [1.165, 1.54) is 18.2 Å². The molecule has 2 aromatic carbocycles.